The van der Waals surface area contributed by atoms with Crippen LogP contribution in [-0.4, -0.2) is 4.98 Å². The van der Waals surface area contributed by atoms with Crippen LogP contribution in [0.2, 0.25) is 5.02 Å². The van der Waals surface area contributed by atoms with E-state index in [1.165, 1.54) is 0 Å². The molecule has 0 aromatic carbocycles. The van der Waals surface area contributed by atoms with E-state index in [-0.39, 0.29) is 0 Å². The van der Waals surface area contributed by atoms with Crippen LogP contribution in [0, 0.1) is 3.70 Å². The molecule has 13 heavy (non-hydrogen) atoms. The van der Waals surface area contributed by atoms with Crippen molar-refractivity contribution in [1.82, 2.24) is 4.98 Å². The van der Waals surface area contributed by atoms with Gasteiger partial charge in [0.25, 0.3) is 0 Å². The van der Waals surface area contributed by atoms with E-state index in [1.807, 2.05) is 12.1 Å². The first-order valence-electron chi connectivity index (χ1n) is 3.61. The fourth-order valence-corrected chi connectivity index (χ4v) is 1.47. The second-order valence-corrected chi connectivity index (χ2v) is 3.94. The lowest BCUT2D eigenvalue weighted by molar-refractivity contribution is 0.568. The Labute approximate surface area is 94.1 Å². The van der Waals surface area contributed by atoms with Crippen LogP contribution in [0.15, 0.2) is 35.3 Å². The maximum atomic E-state index is 5.93. The third-order valence-electron chi connectivity index (χ3n) is 1.65. The molecule has 0 amide bonds. The van der Waals surface area contributed by atoms with Crippen molar-refractivity contribution < 1.29 is 4.42 Å². The highest BCUT2D eigenvalue weighted by Crippen LogP contribution is 2.24. The van der Waals surface area contributed by atoms with Crippen LogP contribution in [0.1, 0.15) is 0 Å². The first-order valence-corrected chi connectivity index (χ1v) is 5.06. The molecule has 0 radical (unpaired) electrons. The molecule has 2 aromatic rings. The van der Waals surface area contributed by atoms with Gasteiger partial charge in [-0.3, -0.25) is 0 Å². The van der Waals surface area contributed by atoms with Gasteiger partial charge in [-0.05, 0) is 34.7 Å². The number of nitrogens with zero attached hydrogens (tertiary/aromatic N) is 1. The number of halogens is 2. The Morgan fingerprint density at radius 3 is 2.85 bits per heavy atom. The summed E-state index contributed by atoms with van der Waals surface area (Å²) < 4.78 is 5.78. The summed E-state index contributed by atoms with van der Waals surface area (Å²) in [6.45, 7) is 0. The van der Waals surface area contributed by atoms with E-state index in [1.54, 1.807) is 18.7 Å². The molecule has 0 N–H and O–H groups in total. The van der Waals surface area contributed by atoms with Gasteiger partial charge in [-0.25, -0.2) is 4.98 Å². The number of pyridine rings is 1. The second-order valence-electron chi connectivity index (χ2n) is 2.51. The molecule has 0 saturated carbocycles. The fourth-order valence-electron chi connectivity index (χ4n) is 1.01. The SMILES string of the molecule is Clc1cc(-c2ccoc2)cnc1I. The molecule has 2 nitrogen and oxygen atoms in total. The topological polar surface area (TPSA) is 26.0 Å². The summed E-state index contributed by atoms with van der Waals surface area (Å²) in [6, 6.07) is 3.75. The van der Waals surface area contributed by atoms with Gasteiger partial charge in [0.05, 0.1) is 17.5 Å². The lowest BCUT2D eigenvalue weighted by atomic mass is 10.2. The molecule has 66 valence electrons. The van der Waals surface area contributed by atoms with Crippen molar-refractivity contribution in [2.45, 2.75) is 0 Å². The van der Waals surface area contributed by atoms with E-state index in [9.17, 15) is 0 Å². The summed E-state index contributed by atoms with van der Waals surface area (Å²) in [7, 11) is 0. The highest BCUT2D eigenvalue weighted by Gasteiger charge is 2.03. The first kappa shape index (κ1) is 9.02. The molecular weight excluding hydrogens is 300 g/mol. The zero-order valence-corrected chi connectivity index (χ0v) is 9.41. The Morgan fingerprint density at radius 1 is 1.38 bits per heavy atom. The average Bonchev–Trinajstić information content (AvgIpc) is 2.62. The first-order chi connectivity index (χ1) is 6.27. The third kappa shape index (κ3) is 1.86. The lowest BCUT2D eigenvalue weighted by Gasteiger charge is -1.98. The van der Waals surface area contributed by atoms with Crippen molar-refractivity contribution >= 4 is 34.2 Å². The molecule has 0 spiro atoms. The molecule has 0 atom stereocenters. The Kier molecular flexibility index (Phi) is 2.55. The van der Waals surface area contributed by atoms with Gasteiger partial charge in [-0.2, -0.15) is 0 Å². The quantitative estimate of drug-likeness (QED) is 0.594. The van der Waals surface area contributed by atoms with E-state index < -0.39 is 0 Å². The number of hydrogen-bond acceptors (Lipinski definition) is 2. The van der Waals surface area contributed by atoms with Gasteiger partial charge in [-0.1, -0.05) is 11.6 Å². The van der Waals surface area contributed by atoms with E-state index in [4.69, 9.17) is 16.0 Å². The van der Waals surface area contributed by atoms with Crippen LogP contribution in [-0.2, 0) is 0 Å². The van der Waals surface area contributed by atoms with Crippen LogP contribution < -0.4 is 0 Å². The minimum Gasteiger partial charge on any atom is -0.472 e. The molecular formula is C9H5ClINO. The highest BCUT2D eigenvalue weighted by molar-refractivity contribution is 14.1. The van der Waals surface area contributed by atoms with Crippen molar-refractivity contribution in [1.29, 1.82) is 0 Å². The molecule has 0 fully saturated rings. The monoisotopic (exact) mass is 305 g/mol. The van der Waals surface area contributed by atoms with E-state index in [2.05, 4.69) is 27.6 Å². The van der Waals surface area contributed by atoms with Crippen LogP contribution in [0.25, 0.3) is 11.1 Å². The van der Waals surface area contributed by atoms with Crippen LogP contribution in [0.5, 0.6) is 0 Å². The maximum Gasteiger partial charge on any atom is 0.119 e. The normalized spacial score (nSPS) is 10.3. The van der Waals surface area contributed by atoms with Gasteiger partial charge < -0.3 is 4.42 Å². The van der Waals surface area contributed by atoms with Crippen molar-refractivity contribution in [2.75, 3.05) is 0 Å². The Hall–Kier alpha value is -0.550. The predicted molar refractivity (Wildman–Crippen MR) is 59.7 cm³/mol. The summed E-state index contributed by atoms with van der Waals surface area (Å²) in [5, 5.41) is 0.666. The minimum atomic E-state index is 0.666. The van der Waals surface area contributed by atoms with E-state index >= 15 is 0 Å². The van der Waals surface area contributed by atoms with Gasteiger partial charge in [0.15, 0.2) is 0 Å². The van der Waals surface area contributed by atoms with Gasteiger partial charge >= 0.3 is 0 Å². The number of furan rings is 1. The van der Waals surface area contributed by atoms with Gasteiger partial charge in [0.1, 0.15) is 3.70 Å². The van der Waals surface area contributed by atoms with Gasteiger partial charge in [0, 0.05) is 17.3 Å². The van der Waals surface area contributed by atoms with Gasteiger partial charge in [-0.15, -0.1) is 0 Å². The molecule has 2 heterocycles. The summed E-state index contributed by atoms with van der Waals surface area (Å²) in [6.07, 6.45) is 5.07. The molecule has 0 saturated heterocycles. The van der Waals surface area contributed by atoms with E-state index in [0.29, 0.717) is 5.02 Å². The largest absolute Gasteiger partial charge is 0.472 e. The average molecular weight is 306 g/mol. The Morgan fingerprint density at radius 2 is 2.23 bits per heavy atom. The molecule has 0 unspecified atom stereocenters. The minimum absolute atomic E-state index is 0.666. The Bertz CT molecular complexity index is 414. The standard InChI is InChI=1S/C9H5ClINO/c10-8-3-7(4-12-9(8)11)6-1-2-13-5-6/h1-5H. The summed E-state index contributed by atoms with van der Waals surface area (Å²) in [5.41, 5.74) is 1.96. The number of aromatic nitrogens is 1. The van der Waals surface area contributed by atoms with Crippen molar-refractivity contribution in [2.24, 2.45) is 0 Å². The summed E-state index contributed by atoms with van der Waals surface area (Å²) >= 11 is 8.02. The Balaban J connectivity index is 2.49. The molecule has 0 bridgehead atoms. The number of rotatable bonds is 1. The van der Waals surface area contributed by atoms with Crippen LogP contribution in [0.3, 0.4) is 0 Å². The summed E-state index contributed by atoms with van der Waals surface area (Å²) in [4.78, 5) is 4.15. The van der Waals surface area contributed by atoms with Crippen LogP contribution >= 0.6 is 34.2 Å². The maximum absolute atomic E-state index is 5.93. The van der Waals surface area contributed by atoms with Crippen LogP contribution in [0.4, 0.5) is 0 Å². The highest BCUT2D eigenvalue weighted by atomic mass is 127. The zero-order valence-electron chi connectivity index (χ0n) is 6.50. The molecule has 0 aliphatic heterocycles. The molecule has 0 aliphatic carbocycles. The van der Waals surface area contributed by atoms with Crippen molar-refractivity contribution in [3.63, 3.8) is 0 Å². The fraction of sp³-hybridized carbons (Fsp3) is 0. The predicted octanol–water partition coefficient (Wildman–Crippen LogP) is 3.60. The number of hydrogen-bond donors (Lipinski definition) is 0. The second kappa shape index (κ2) is 3.67. The summed E-state index contributed by atoms with van der Waals surface area (Å²) in [5.74, 6) is 0. The van der Waals surface area contributed by atoms with Crippen molar-refractivity contribution in [3.05, 3.63) is 39.6 Å². The molecule has 2 rings (SSSR count). The smallest absolute Gasteiger partial charge is 0.119 e. The third-order valence-corrected chi connectivity index (χ3v) is 3.12. The van der Waals surface area contributed by atoms with Crippen molar-refractivity contribution in [3.8, 4) is 11.1 Å². The lowest BCUT2D eigenvalue weighted by Crippen LogP contribution is -1.83. The zero-order chi connectivity index (χ0) is 9.26. The van der Waals surface area contributed by atoms with E-state index in [0.717, 1.165) is 14.8 Å². The van der Waals surface area contributed by atoms with Gasteiger partial charge in [0.2, 0.25) is 0 Å². The molecule has 2 aromatic heterocycles. The molecule has 4 heteroatoms. The molecule has 0 aliphatic rings.